The first-order valence-electron chi connectivity index (χ1n) is 13.3. The van der Waals surface area contributed by atoms with Crippen LogP contribution in [0.2, 0.25) is 0 Å². The van der Waals surface area contributed by atoms with Gasteiger partial charge in [-0.3, -0.25) is 9.36 Å². The third-order valence-corrected chi connectivity index (χ3v) is 8.14. The summed E-state index contributed by atoms with van der Waals surface area (Å²) in [5, 5.41) is 35.4. The largest absolute Gasteiger partial charge is 0.387 e. The van der Waals surface area contributed by atoms with Crippen LogP contribution in [-0.4, -0.2) is 73.3 Å². The maximum absolute atomic E-state index is 12.8. The van der Waals surface area contributed by atoms with Crippen LogP contribution in [0, 0.1) is 0 Å². The Labute approximate surface area is 240 Å². The number of rotatable bonds is 8. The number of aromatic nitrogens is 4. The van der Waals surface area contributed by atoms with E-state index in [1.54, 1.807) is 0 Å². The Kier molecular flexibility index (Phi) is 7.01. The molecule has 216 valence electrons. The molecular weight excluding hydrogens is 540 g/mol. The lowest BCUT2D eigenvalue weighted by molar-refractivity contribution is -0.396. The zero-order valence-electron chi connectivity index (χ0n) is 22.9. The second-order valence-electron chi connectivity index (χ2n) is 10.1. The number of aliphatic hydroxyl groups excluding tert-OH is 2. The van der Waals surface area contributed by atoms with Gasteiger partial charge in [-0.15, -0.1) is 0 Å². The van der Waals surface area contributed by atoms with E-state index in [-0.39, 0.29) is 11.2 Å². The van der Waals surface area contributed by atoms with E-state index >= 15 is 0 Å². The highest BCUT2D eigenvalue weighted by molar-refractivity contribution is 5.70. The Hall–Kier alpha value is -4.23. The molecule has 42 heavy (non-hydrogen) atoms. The second kappa shape index (κ2) is 10.6. The minimum Gasteiger partial charge on any atom is -0.387 e. The number of nitrogens with zero attached hydrogens (tertiary/aromatic N) is 3. The number of hydrogen-bond donors (Lipinski definition) is 4. The predicted molar refractivity (Wildman–Crippen MR) is 151 cm³/mol. The van der Waals surface area contributed by atoms with Crippen molar-refractivity contribution < 1.29 is 29.5 Å². The minimum atomic E-state index is -2.47. The van der Waals surface area contributed by atoms with Crippen LogP contribution < -0.4 is 5.56 Å². The molecule has 2 aromatic heterocycles. The Morgan fingerprint density at radius 1 is 0.857 bits per heavy atom. The van der Waals surface area contributed by atoms with Gasteiger partial charge in [0.25, 0.3) is 5.56 Å². The molecule has 1 fully saturated rings. The summed E-state index contributed by atoms with van der Waals surface area (Å²) in [6.07, 6.45) is -2.62. The number of aromatic amines is 1. The molecule has 0 spiro atoms. The lowest BCUT2D eigenvalue weighted by atomic mass is 9.60. The SMILES string of the molecule is COC(O)(OC)[C@H]1O[C@](n2cnc3c(=O)[nH]cnc32)(C(c2ccccc2)(c2ccccc2)c2ccccc2)[C@H](O)[C@@H]1O. The molecule has 1 aliphatic rings. The van der Waals surface area contributed by atoms with E-state index in [0.29, 0.717) is 16.7 Å². The average Bonchev–Trinajstić information content (AvgIpc) is 3.60. The van der Waals surface area contributed by atoms with Crippen LogP contribution in [0.1, 0.15) is 16.7 Å². The highest BCUT2D eigenvalue weighted by atomic mass is 16.8. The number of ether oxygens (including phenoxy) is 3. The van der Waals surface area contributed by atoms with Crippen LogP contribution in [0.4, 0.5) is 0 Å². The van der Waals surface area contributed by atoms with E-state index in [9.17, 15) is 20.1 Å². The number of imidazole rings is 1. The topological polar surface area (TPSA) is 152 Å². The summed E-state index contributed by atoms with van der Waals surface area (Å²) in [4.78, 5) is 24.1. The highest BCUT2D eigenvalue weighted by Gasteiger charge is 2.71. The summed E-state index contributed by atoms with van der Waals surface area (Å²) in [6, 6.07) is 28.0. The van der Waals surface area contributed by atoms with Gasteiger partial charge in [-0.2, -0.15) is 0 Å². The molecular formula is C31H30N4O7. The quantitative estimate of drug-likeness (QED) is 0.162. The van der Waals surface area contributed by atoms with E-state index in [2.05, 4.69) is 15.0 Å². The van der Waals surface area contributed by atoms with Crippen molar-refractivity contribution in [2.75, 3.05) is 14.2 Å². The summed E-state index contributed by atoms with van der Waals surface area (Å²) in [5.41, 5.74) is -1.96. The number of fused-ring (bicyclic) bond motifs is 1. The van der Waals surface area contributed by atoms with Gasteiger partial charge in [-0.05, 0) is 16.7 Å². The third-order valence-electron chi connectivity index (χ3n) is 8.14. The van der Waals surface area contributed by atoms with Crippen LogP contribution in [0.25, 0.3) is 11.2 Å². The Bertz CT molecular complexity index is 1630. The molecule has 3 heterocycles. The van der Waals surface area contributed by atoms with Crippen molar-refractivity contribution in [2.45, 2.75) is 35.4 Å². The molecule has 1 aliphatic heterocycles. The van der Waals surface area contributed by atoms with Crippen LogP contribution in [0.15, 0.2) is 108 Å². The van der Waals surface area contributed by atoms with E-state index in [0.717, 1.165) is 0 Å². The summed E-state index contributed by atoms with van der Waals surface area (Å²) in [5.74, 6) is -2.47. The maximum atomic E-state index is 12.8. The van der Waals surface area contributed by atoms with Crippen molar-refractivity contribution in [3.8, 4) is 0 Å². The number of benzene rings is 3. The molecule has 0 bridgehead atoms. The Morgan fingerprint density at radius 2 is 1.36 bits per heavy atom. The molecule has 11 nitrogen and oxygen atoms in total. The first-order valence-corrected chi connectivity index (χ1v) is 13.3. The fourth-order valence-corrected chi connectivity index (χ4v) is 6.30. The van der Waals surface area contributed by atoms with E-state index < -0.39 is 41.0 Å². The van der Waals surface area contributed by atoms with Crippen molar-refractivity contribution in [3.63, 3.8) is 0 Å². The van der Waals surface area contributed by atoms with Crippen molar-refractivity contribution in [1.29, 1.82) is 0 Å². The molecule has 6 rings (SSSR count). The van der Waals surface area contributed by atoms with Crippen LogP contribution >= 0.6 is 0 Å². The molecule has 3 aromatic carbocycles. The minimum absolute atomic E-state index is 0.0116. The van der Waals surface area contributed by atoms with Gasteiger partial charge in [-0.25, -0.2) is 9.97 Å². The fourth-order valence-electron chi connectivity index (χ4n) is 6.30. The van der Waals surface area contributed by atoms with Gasteiger partial charge in [-0.1, -0.05) is 91.0 Å². The number of hydrogen-bond acceptors (Lipinski definition) is 9. The molecule has 11 heteroatoms. The van der Waals surface area contributed by atoms with Gasteiger partial charge in [0.2, 0.25) is 0 Å². The van der Waals surface area contributed by atoms with E-state index in [1.165, 1.54) is 31.4 Å². The van der Waals surface area contributed by atoms with Crippen LogP contribution in [0.5, 0.6) is 0 Å². The fraction of sp³-hybridized carbons (Fsp3) is 0.258. The lowest BCUT2D eigenvalue weighted by Crippen LogP contribution is -2.61. The molecule has 0 unspecified atom stereocenters. The zero-order valence-corrected chi connectivity index (χ0v) is 22.9. The molecule has 4 atom stereocenters. The summed E-state index contributed by atoms with van der Waals surface area (Å²) in [6.45, 7) is 0. The molecule has 5 aromatic rings. The number of methoxy groups -OCH3 is 2. The monoisotopic (exact) mass is 570 g/mol. The van der Waals surface area contributed by atoms with Crippen molar-refractivity contribution in [1.82, 2.24) is 19.5 Å². The number of aliphatic hydroxyl groups is 3. The molecule has 0 radical (unpaired) electrons. The van der Waals surface area contributed by atoms with Crippen molar-refractivity contribution in [3.05, 3.63) is 131 Å². The zero-order chi connectivity index (χ0) is 29.5. The number of nitrogens with one attached hydrogen (secondary N) is 1. The second-order valence-corrected chi connectivity index (χ2v) is 10.1. The summed E-state index contributed by atoms with van der Waals surface area (Å²) < 4.78 is 18.8. The standard InChI is InChI=1S/C31H30N4O7/c1-40-31(39,41-2)26-24(36)25(37)30(42-26,35-19-34-23-27(35)32-18-33-28(23)38)29(20-12-6-3-7-13-20,21-14-8-4-9-15-21)22-16-10-5-11-17-22/h3-19,24-26,36-37,39H,1-2H3,(H,32,33,38)/t24-,25+,26-,30-/m0/s1. The van der Waals surface area contributed by atoms with Gasteiger partial charge >= 0.3 is 5.97 Å². The maximum Gasteiger partial charge on any atom is 0.310 e. The predicted octanol–water partition coefficient (Wildman–Crippen LogP) is 1.87. The van der Waals surface area contributed by atoms with Gasteiger partial charge in [0.05, 0.1) is 18.1 Å². The van der Waals surface area contributed by atoms with Crippen molar-refractivity contribution >= 4 is 11.2 Å². The third kappa shape index (κ3) is 3.79. The normalized spacial score (nSPS) is 22.9. The average molecular weight is 571 g/mol. The van der Waals surface area contributed by atoms with Gasteiger partial charge in [0, 0.05) is 14.2 Å². The van der Waals surface area contributed by atoms with E-state index in [4.69, 9.17) is 14.2 Å². The van der Waals surface area contributed by atoms with Crippen molar-refractivity contribution in [2.24, 2.45) is 0 Å². The van der Waals surface area contributed by atoms with Crippen LogP contribution in [0.3, 0.4) is 0 Å². The molecule has 0 amide bonds. The molecule has 1 saturated heterocycles. The van der Waals surface area contributed by atoms with Gasteiger partial charge < -0.3 is 34.5 Å². The van der Waals surface area contributed by atoms with Gasteiger partial charge in [0.15, 0.2) is 23.0 Å². The van der Waals surface area contributed by atoms with Gasteiger partial charge in [0.1, 0.15) is 12.2 Å². The molecule has 0 aliphatic carbocycles. The first-order chi connectivity index (χ1) is 20.3. The lowest BCUT2D eigenvalue weighted by Gasteiger charge is -2.51. The summed E-state index contributed by atoms with van der Waals surface area (Å²) >= 11 is 0. The number of H-pyrrole nitrogens is 1. The summed E-state index contributed by atoms with van der Waals surface area (Å²) in [7, 11) is 2.39. The molecule has 0 saturated carbocycles. The van der Waals surface area contributed by atoms with E-state index in [1.807, 2.05) is 91.0 Å². The first kappa shape index (κ1) is 27.9. The highest BCUT2D eigenvalue weighted by Crippen LogP contribution is 2.58. The molecule has 4 N–H and O–H groups in total. The Balaban J connectivity index is 1.84. The Morgan fingerprint density at radius 3 is 1.83 bits per heavy atom. The smallest absolute Gasteiger partial charge is 0.310 e. The van der Waals surface area contributed by atoms with Crippen LogP contribution in [-0.2, 0) is 25.4 Å².